The van der Waals surface area contributed by atoms with Gasteiger partial charge in [-0.05, 0) is 70.0 Å². The number of hydrogen-bond donors (Lipinski definition) is 1. The van der Waals surface area contributed by atoms with Crippen molar-refractivity contribution < 1.29 is 4.74 Å². The predicted molar refractivity (Wildman–Crippen MR) is 87.3 cm³/mol. The van der Waals surface area contributed by atoms with Gasteiger partial charge in [0.2, 0.25) is 0 Å². The smallest absolute Gasteiger partial charge is 0.122 e. The van der Waals surface area contributed by atoms with Gasteiger partial charge in [-0.2, -0.15) is 0 Å². The Bertz CT molecular complexity index is 456. The van der Waals surface area contributed by atoms with E-state index in [0.29, 0.717) is 0 Å². The van der Waals surface area contributed by atoms with Crippen molar-refractivity contribution in [3.63, 3.8) is 0 Å². The molecule has 0 radical (unpaired) electrons. The molecule has 1 heterocycles. The molecule has 1 aliphatic rings. The van der Waals surface area contributed by atoms with Crippen molar-refractivity contribution in [3.8, 4) is 5.75 Å². The minimum absolute atomic E-state index is 0.0177. The molecule has 0 spiro atoms. The Labute approximate surface area is 130 Å². The molecule has 1 saturated heterocycles. The third-order valence-electron chi connectivity index (χ3n) is 4.51. The molecule has 2 N–H and O–H groups in total. The fourth-order valence-corrected chi connectivity index (χ4v) is 3.33. The Hall–Kier alpha value is -0.580. The van der Waals surface area contributed by atoms with Gasteiger partial charge in [0.25, 0.3) is 0 Å². The quantitative estimate of drug-likeness (QED) is 0.894. The topological polar surface area (TPSA) is 38.5 Å². The minimum Gasteiger partial charge on any atom is -0.496 e. The summed E-state index contributed by atoms with van der Waals surface area (Å²) in [4.78, 5) is 2.52. The fourth-order valence-electron chi connectivity index (χ4n) is 2.92. The highest BCUT2D eigenvalue weighted by molar-refractivity contribution is 9.10. The second-order valence-corrected chi connectivity index (χ2v) is 7.03. The molecule has 0 aromatic heterocycles. The minimum atomic E-state index is 0.0177. The van der Waals surface area contributed by atoms with E-state index in [-0.39, 0.29) is 11.6 Å². The molecule has 0 aliphatic carbocycles. The largest absolute Gasteiger partial charge is 0.496 e. The second-order valence-electron chi connectivity index (χ2n) is 6.11. The Morgan fingerprint density at radius 3 is 2.60 bits per heavy atom. The van der Waals surface area contributed by atoms with Crippen molar-refractivity contribution in [1.29, 1.82) is 0 Å². The molecule has 112 valence electrons. The van der Waals surface area contributed by atoms with Gasteiger partial charge in [0, 0.05) is 16.1 Å². The van der Waals surface area contributed by atoms with Gasteiger partial charge in [0.05, 0.1) is 7.11 Å². The average Bonchev–Trinajstić information content (AvgIpc) is 2.93. The van der Waals surface area contributed by atoms with Crippen LogP contribution < -0.4 is 10.5 Å². The van der Waals surface area contributed by atoms with Crippen LogP contribution in [0.5, 0.6) is 5.75 Å². The van der Waals surface area contributed by atoms with Crippen LogP contribution in [0.2, 0.25) is 0 Å². The van der Waals surface area contributed by atoms with E-state index in [0.717, 1.165) is 29.7 Å². The summed E-state index contributed by atoms with van der Waals surface area (Å²) in [6, 6.07) is 6.19. The van der Waals surface area contributed by atoms with Crippen LogP contribution in [0.15, 0.2) is 22.7 Å². The number of halogens is 1. The summed E-state index contributed by atoms with van der Waals surface area (Å²) in [5, 5.41) is 0. The van der Waals surface area contributed by atoms with Crippen LogP contribution >= 0.6 is 15.9 Å². The van der Waals surface area contributed by atoms with Crippen LogP contribution in [-0.2, 0) is 6.42 Å². The van der Waals surface area contributed by atoms with Crippen LogP contribution in [0, 0.1) is 0 Å². The van der Waals surface area contributed by atoms with Crippen LogP contribution in [0.1, 0.15) is 32.3 Å². The van der Waals surface area contributed by atoms with E-state index in [1.54, 1.807) is 7.11 Å². The lowest BCUT2D eigenvalue weighted by molar-refractivity contribution is 0.123. The summed E-state index contributed by atoms with van der Waals surface area (Å²) in [6.45, 7) is 6.84. The van der Waals surface area contributed by atoms with Crippen LogP contribution in [-0.4, -0.2) is 36.7 Å². The first kappa shape index (κ1) is 15.8. The Balaban J connectivity index is 2.14. The third-order valence-corrected chi connectivity index (χ3v) is 5.00. The highest BCUT2D eigenvalue weighted by Gasteiger charge is 2.34. The van der Waals surface area contributed by atoms with Gasteiger partial charge >= 0.3 is 0 Å². The first-order chi connectivity index (χ1) is 9.45. The number of likely N-dealkylation sites (tertiary alicyclic amines) is 1. The van der Waals surface area contributed by atoms with E-state index in [4.69, 9.17) is 10.5 Å². The van der Waals surface area contributed by atoms with Crippen LogP contribution in [0.25, 0.3) is 0 Å². The van der Waals surface area contributed by atoms with Gasteiger partial charge in [-0.25, -0.2) is 0 Å². The SMILES string of the molecule is COc1ccc(Br)cc1CC(N)C(C)(C)N1CCCC1. The predicted octanol–water partition coefficient (Wildman–Crippen LogP) is 3.20. The molecule has 1 unspecified atom stereocenters. The third kappa shape index (κ3) is 3.35. The summed E-state index contributed by atoms with van der Waals surface area (Å²) in [6.07, 6.45) is 3.40. The normalized spacial score (nSPS) is 18.2. The molecule has 4 heteroatoms. The van der Waals surface area contributed by atoms with Gasteiger partial charge in [-0.15, -0.1) is 0 Å². The van der Waals surface area contributed by atoms with Gasteiger partial charge in [0.15, 0.2) is 0 Å². The molecular formula is C16H25BrN2O. The maximum atomic E-state index is 6.52. The summed E-state index contributed by atoms with van der Waals surface area (Å²) in [5.74, 6) is 0.917. The zero-order chi connectivity index (χ0) is 14.8. The van der Waals surface area contributed by atoms with Gasteiger partial charge < -0.3 is 10.5 Å². The van der Waals surface area contributed by atoms with E-state index < -0.39 is 0 Å². The zero-order valence-corrected chi connectivity index (χ0v) is 14.2. The molecule has 20 heavy (non-hydrogen) atoms. The van der Waals surface area contributed by atoms with Crippen molar-refractivity contribution in [1.82, 2.24) is 4.90 Å². The first-order valence-electron chi connectivity index (χ1n) is 7.28. The lowest BCUT2D eigenvalue weighted by atomic mass is 9.88. The maximum Gasteiger partial charge on any atom is 0.122 e. The molecule has 1 aromatic carbocycles. The summed E-state index contributed by atoms with van der Waals surface area (Å²) < 4.78 is 6.52. The monoisotopic (exact) mass is 340 g/mol. The van der Waals surface area contributed by atoms with E-state index >= 15 is 0 Å². The molecule has 2 rings (SSSR count). The van der Waals surface area contributed by atoms with E-state index in [2.05, 4.69) is 40.7 Å². The van der Waals surface area contributed by atoms with Crippen molar-refractivity contribution >= 4 is 15.9 Å². The summed E-state index contributed by atoms with van der Waals surface area (Å²) in [7, 11) is 1.71. The number of nitrogens with zero attached hydrogens (tertiary/aromatic N) is 1. The summed E-state index contributed by atoms with van der Waals surface area (Å²) in [5.41, 5.74) is 7.71. The van der Waals surface area contributed by atoms with Crippen LogP contribution in [0.4, 0.5) is 0 Å². The molecule has 3 nitrogen and oxygen atoms in total. The van der Waals surface area contributed by atoms with Crippen molar-refractivity contribution in [2.75, 3.05) is 20.2 Å². The highest BCUT2D eigenvalue weighted by atomic mass is 79.9. The second kappa shape index (κ2) is 6.46. The van der Waals surface area contributed by atoms with E-state index in [1.807, 2.05) is 12.1 Å². The molecule has 0 amide bonds. The maximum absolute atomic E-state index is 6.52. The lowest BCUT2D eigenvalue weighted by Crippen LogP contribution is -2.55. The van der Waals surface area contributed by atoms with Crippen molar-refractivity contribution in [2.45, 2.75) is 44.7 Å². The number of nitrogens with two attached hydrogens (primary N) is 1. The Kier molecular flexibility index (Phi) is 5.10. The number of ether oxygens (including phenoxy) is 1. The number of methoxy groups -OCH3 is 1. The molecular weight excluding hydrogens is 316 g/mol. The molecule has 1 aliphatic heterocycles. The van der Waals surface area contributed by atoms with Gasteiger partial charge in [0.1, 0.15) is 5.75 Å². The standard InChI is InChI=1S/C16H25BrN2O/c1-16(2,19-8-4-5-9-19)15(18)11-12-10-13(17)6-7-14(12)20-3/h6-7,10,15H,4-5,8-9,11,18H2,1-3H3. The summed E-state index contributed by atoms with van der Waals surface area (Å²) >= 11 is 3.53. The highest BCUT2D eigenvalue weighted by Crippen LogP contribution is 2.29. The fraction of sp³-hybridized carbons (Fsp3) is 0.625. The molecule has 1 aromatic rings. The van der Waals surface area contributed by atoms with E-state index in [9.17, 15) is 0 Å². The van der Waals surface area contributed by atoms with Gasteiger partial charge in [-0.3, -0.25) is 4.90 Å². The lowest BCUT2D eigenvalue weighted by Gasteiger charge is -2.40. The van der Waals surface area contributed by atoms with Crippen molar-refractivity contribution in [2.24, 2.45) is 5.73 Å². The van der Waals surface area contributed by atoms with Crippen LogP contribution in [0.3, 0.4) is 0 Å². The number of benzene rings is 1. The van der Waals surface area contributed by atoms with Gasteiger partial charge in [-0.1, -0.05) is 15.9 Å². The molecule has 0 saturated carbocycles. The molecule has 0 bridgehead atoms. The molecule has 1 atom stereocenters. The average molecular weight is 341 g/mol. The first-order valence-corrected chi connectivity index (χ1v) is 8.07. The van der Waals surface area contributed by atoms with E-state index in [1.165, 1.54) is 18.4 Å². The number of rotatable bonds is 5. The zero-order valence-electron chi connectivity index (χ0n) is 12.7. The number of hydrogen-bond acceptors (Lipinski definition) is 3. The Morgan fingerprint density at radius 1 is 1.35 bits per heavy atom. The molecule has 1 fully saturated rings. The van der Waals surface area contributed by atoms with Crippen molar-refractivity contribution in [3.05, 3.63) is 28.2 Å². The Morgan fingerprint density at radius 2 is 2.00 bits per heavy atom.